The molecule has 1 aliphatic rings. The second-order valence-corrected chi connectivity index (χ2v) is 5.98. The molecule has 0 atom stereocenters. The Morgan fingerprint density at radius 3 is 3.00 bits per heavy atom. The summed E-state index contributed by atoms with van der Waals surface area (Å²) in [7, 11) is 4.10. The predicted octanol–water partition coefficient (Wildman–Crippen LogP) is 2.67. The highest BCUT2D eigenvalue weighted by Gasteiger charge is 2.09. The number of anilines is 1. The molecule has 1 aromatic carbocycles. The van der Waals surface area contributed by atoms with Crippen molar-refractivity contribution in [3.8, 4) is 0 Å². The van der Waals surface area contributed by atoms with E-state index < -0.39 is 0 Å². The second-order valence-electron chi connectivity index (χ2n) is 3.92. The van der Waals surface area contributed by atoms with Crippen LogP contribution in [-0.4, -0.2) is 27.7 Å². The first-order chi connectivity index (χ1) is 7.75. The average molecular weight is 325 g/mol. The Labute approximate surface area is 104 Å². The molecule has 1 aliphatic heterocycles. The number of halogens is 1. The molecule has 0 saturated carbocycles. The molecule has 0 N–H and O–H groups in total. The normalized spacial score (nSPS) is 13.6. The Kier molecular flexibility index (Phi) is 2.31. The number of aromatic nitrogens is 2. The van der Waals surface area contributed by atoms with Crippen molar-refractivity contribution in [1.29, 1.82) is 0 Å². The summed E-state index contributed by atoms with van der Waals surface area (Å²) in [6.07, 6.45) is 2.15. The molecule has 82 valence electrons. The van der Waals surface area contributed by atoms with Crippen molar-refractivity contribution in [3.63, 3.8) is 0 Å². The largest absolute Gasteiger partial charge is 0.378 e. The first kappa shape index (κ1) is 10.0. The number of rotatable bonds is 1. The van der Waals surface area contributed by atoms with E-state index in [1.54, 1.807) is 0 Å². The van der Waals surface area contributed by atoms with Crippen LogP contribution in [0.5, 0.6) is 0 Å². The molecule has 16 heavy (non-hydrogen) atoms. The van der Waals surface area contributed by atoms with Crippen LogP contribution in [-0.2, 0) is 0 Å². The fourth-order valence-corrected chi connectivity index (χ4v) is 3.28. The zero-order chi connectivity index (χ0) is 11.1. The Morgan fingerprint density at radius 1 is 1.31 bits per heavy atom. The van der Waals surface area contributed by atoms with Crippen LogP contribution in [0.4, 0.5) is 5.69 Å². The number of fused-ring (bicyclic) bond motifs is 3. The van der Waals surface area contributed by atoms with Gasteiger partial charge in [0.1, 0.15) is 5.82 Å². The predicted molar refractivity (Wildman–Crippen MR) is 78.6 cm³/mol. The monoisotopic (exact) mass is 325 g/mol. The molecular formula is C12H12IN3. The molecular weight excluding hydrogens is 313 g/mol. The number of hydrogen-bond acceptors (Lipinski definition) is 2. The summed E-state index contributed by atoms with van der Waals surface area (Å²) < 4.78 is 6.68. The molecule has 0 radical (unpaired) electrons. The molecule has 0 bridgehead atoms. The van der Waals surface area contributed by atoms with Gasteiger partial charge in [0, 0.05) is 30.0 Å². The first-order valence-corrected chi connectivity index (χ1v) is 7.56. The van der Waals surface area contributed by atoms with Gasteiger partial charge >= 0.3 is 0 Å². The topological polar surface area (TPSA) is 21.1 Å². The van der Waals surface area contributed by atoms with Gasteiger partial charge < -0.3 is 4.90 Å². The van der Waals surface area contributed by atoms with E-state index in [-0.39, 0.29) is 20.7 Å². The van der Waals surface area contributed by atoms with Crippen molar-refractivity contribution in [2.24, 2.45) is 0 Å². The standard InChI is InChI=1S/C12H12IN3/c1-15(2)9-3-4-11-10(7-9)14-12-8-13-5-6-16(11)12/h3-8H,1-2H3. The zero-order valence-corrected chi connectivity index (χ0v) is 11.3. The molecule has 4 heteroatoms. The summed E-state index contributed by atoms with van der Waals surface area (Å²) in [6, 6.07) is 6.42. The maximum absolute atomic E-state index is 4.65. The van der Waals surface area contributed by atoms with Crippen LogP contribution < -0.4 is 4.90 Å². The SMILES string of the molecule is CN(C)c1ccc2c(c1)nc1n2C=CI=C1. The fraction of sp³-hybridized carbons (Fsp3) is 0.167. The Bertz CT molecular complexity index is 608. The number of imidazole rings is 1. The summed E-state index contributed by atoms with van der Waals surface area (Å²) in [6.45, 7) is 0. The van der Waals surface area contributed by atoms with E-state index >= 15 is 0 Å². The summed E-state index contributed by atoms with van der Waals surface area (Å²) in [4.78, 5) is 6.75. The minimum atomic E-state index is 0.0679. The third-order valence-corrected chi connectivity index (χ3v) is 4.31. The van der Waals surface area contributed by atoms with Gasteiger partial charge in [0.05, 0.1) is 11.0 Å². The van der Waals surface area contributed by atoms with Crippen LogP contribution >= 0.6 is 20.7 Å². The van der Waals surface area contributed by atoms with E-state index in [1.807, 2.05) is 0 Å². The van der Waals surface area contributed by atoms with E-state index in [9.17, 15) is 0 Å². The highest BCUT2D eigenvalue weighted by Crippen LogP contribution is 2.24. The molecule has 1 aromatic heterocycles. The third kappa shape index (κ3) is 1.48. The van der Waals surface area contributed by atoms with Gasteiger partial charge in [-0.15, -0.1) is 0 Å². The van der Waals surface area contributed by atoms with E-state index in [1.165, 1.54) is 11.2 Å². The maximum Gasteiger partial charge on any atom is 0.143 e. The molecule has 0 spiro atoms. The second kappa shape index (κ2) is 3.69. The summed E-state index contributed by atoms with van der Waals surface area (Å²) in [5, 5.41) is 0. The number of nitrogens with zero attached hydrogens (tertiary/aromatic N) is 3. The van der Waals surface area contributed by atoms with E-state index in [2.05, 4.69) is 61.0 Å². The van der Waals surface area contributed by atoms with Crippen LogP contribution in [0.1, 0.15) is 5.82 Å². The lowest BCUT2D eigenvalue weighted by atomic mass is 10.2. The van der Waals surface area contributed by atoms with Gasteiger partial charge in [-0.05, 0) is 22.3 Å². The maximum atomic E-state index is 4.65. The Morgan fingerprint density at radius 2 is 2.19 bits per heavy atom. The smallest absolute Gasteiger partial charge is 0.143 e. The zero-order valence-electron chi connectivity index (χ0n) is 9.18. The lowest BCUT2D eigenvalue weighted by Crippen LogP contribution is -2.08. The van der Waals surface area contributed by atoms with Crippen LogP contribution in [0.3, 0.4) is 0 Å². The Balaban J connectivity index is 2.27. The molecule has 3 nitrogen and oxygen atoms in total. The van der Waals surface area contributed by atoms with Gasteiger partial charge in [-0.25, -0.2) is 4.98 Å². The molecule has 0 unspecified atom stereocenters. The van der Waals surface area contributed by atoms with Crippen molar-refractivity contribution in [2.75, 3.05) is 19.0 Å². The van der Waals surface area contributed by atoms with Gasteiger partial charge in [-0.2, -0.15) is 0 Å². The lowest BCUT2D eigenvalue weighted by molar-refractivity contribution is 1.13. The van der Waals surface area contributed by atoms with Crippen molar-refractivity contribution in [2.45, 2.75) is 0 Å². The van der Waals surface area contributed by atoms with Crippen LogP contribution in [0, 0.1) is 0 Å². The van der Waals surface area contributed by atoms with Crippen molar-refractivity contribution < 1.29 is 0 Å². The van der Waals surface area contributed by atoms with E-state index in [4.69, 9.17) is 0 Å². The van der Waals surface area contributed by atoms with E-state index in [0.717, 1.165) is 11.3 Å². The van der Waals surface area contributed by atoms with Crippen molar-refractivity contribution in [3.05, 3.63) is 28.1 Å². The number of benzene rings is 1. The molecule has 0 amide bonds. The van der Waals surface area contributed by atoms with Gasteiger partial charge in [0.2, 0.25) is 0 Å². The molecule has 2 aromatic rings. The quantitative estimate of drug-likeness (QED) is 0.752. The van der Waals surface area contributed by atoms with Crippen LogP contribution in [0.15, 0.2) is 22.3 Å². The summed E-state index contributed by atoms with van der Waals surface area (Å²) in [5.41, 5.74) is 3.46. The average Bonchev–Trinajstić information content (AvgIpc) is 2.66. The highest BCUT2D eigenvalue weighted by molar-refractivity contribution is 14.2. The first-order valence-electron chi connectivity index (χ1n) is 5.07. The van der Waals surface area contributed by atoms with Crippen molar-refractivity contribution >= 4 is 47.7 Å². The minimum Gasteiger partial charge on any atom is -0.378 e. The minimum absolute atomic E-state index is 0.0679. The van der Waals surface area contributed by atoms with Gasteiger partial charge in [0.15, 0.2) is 0 Å². The highest BCUT2D eigenvalue weighted by atomic mass is 127. The van der Waals surface area contributed by atoms with E-state index in [0.29, 0.717) is 0 Å². The Hall–Kier alpha value is -1.17. The van der Waals surface area contributed by atoms with Crippen LogP contribution in [0.25, 0.3) is 17.2 Å². The van der Waals surface area contributed by atoms with Gasteiger partial charge in [-0.1, -0.05) is 20.7 Å². The van der Waals surface area contributed by atoms with Gasteiger partial charge in [-0.3, -0.25) is 4.57 Å². The lowest BCUT2D eigenvalue weighted by Gasteiger charge is -2.11. The fourth-order valence-electron chi connectivity index (χ4n) is 1.80. The molecule has 2 heterocycles. The summed E-state index contributed by atoms with van der Waals surface area (Å²) >= 11 is 0.0679. The molecule has 0 saturated heterocycles. The summed E-state index contributed by atoms with van der Waals surface area (Å²) in [5.74, 6) is 1.10. The van der Waals surface area contributed by atoms with Gasteiger partial charge in [0.25, 0.3) is 0 Å². The number of hydrogen-bond donors (Lipinski definition) is 0. The molecule has 3 rings (SSSR count). The third-order valence-electron chi connectivity index (χ3n) is 2.66. The molecule has 0 aliphatic carbocycles. The van der Waals surface area contributed by atoms with Crippen molar-refractivity contribution in [1.82, 2.24) is 9.55 Å². The van der Waals surface area contributed by atoms with Crippen LogP contribution in [0.2, 0.25) is 0 Å². The molecule has 0 fully saturated rings.